The molecular formula is C10H9FN2. The van der Waals surface area contributed by atoms with E-state index >= 15 is 0 Å². The molecule has 1 aliphatic carbocycles. The van der Waals surface area contributed by atoms with Crippen molar-refractivity contribution < 1.29 is 4.39 Å². The molecule has 1 aromatic rings. The van der Waals surface area contributed by atoms with Gasteiger partial charge in [0.1, 0.15) is 12.2 Å². The molecule has 13 heavy (non-hydrogen) atoms. The normalized spacial score (nSPS) is 25.3. The van der Waals surface area contributed by atoms with Gasteiger partial charge in [-0.1, -0.05) is 0 Å². The van der Waals surface area contributed by atoms with Gasteiger partial charge in [0.05, 0.1) is 11.3 Å². The van der Waals surface area contributed by atoms with Crippen molar-refractivity contribution in [2.45, 2.75) is 25.4 Å². The maximum absolute atomic E-state index is 12.7. The quantitative estimate of drug-likeness (QED) is 0.656. The third-order valence-corrected chi connectivity index (χ3v) is 2.32. The number of nitriles is 1. The van der Waals surface area contributed by atoms with Crippen LogP contribution in [0.25, 0.3) is 0 Å². The van der Waals surface area contributed by atoms with Crippen LogP contribution in [0, 0.1) is 18.3 Å². The van der Waals surface area contributed by atoms with Crippen molar-refractivity contribution in [3.05, 3.63) is 29.1 Å². The van der Waals surface area contributed by atoms with E-state index in [1.165, 1.54) is 0 Å². The molecular weight excluding hydrogens is 167 g/mol. The molecule has 0 bridgehead atoms. The smallest absolute Gasteiger partial charge is 0.109 e. The first kappa shape index (κ1) is 8.18. The van der Waals surface area contributed by atoms with Crippen molar-refractivity contribution in [3.63, 3.8) is 0 Å². The molecule has 2 atom stereocenters. The summed E-state index contributed by atoms with van der Waals surface area (Å²) in [4.78, 5) is 4.19. The fourth-order valence-electron chi connectivity index (χ4n) is 1.38. The third kappa shape index (κ3) is 1.40. The first-order chi connectivity index (χ1) is 6.22. The van der Waals surface area contributed by atoms with Crippen LogP contribution in [-0.2, 0) is 0 Å². The third-order valence-electron chi connectivity index (χ3n) is 2.32. The first-order valence-electron chi connectivity index (χ1n) is 4.24. The van der Waals surface area contributed by atoms with Crippen molar-refractivity contribution in [1.82, 2.24) is 4.98 Å². The van der Waals surface area contributed by atoms with E-state index in [4.69, 9.17) is 5.26 Å². The lowest BCUT2D eigenvalue weighted by atomic mass is 10.1. The van der Waals surface area contributed by atoms with Gasteiger partial charge < -0.3 is 0 Å². The van der Waals surface area contributed by atoms with Gasteiger partial charge in [0.15, 0.2) is 0 Å². The Morgan fingerprint density at radius 2 is 2.31 bits per heavy atom. The maximum atomic E-state index is 12.7. The lowest BCUT2D eigenvalue weighted by molar-refractivity contribution is 0.466. The molecule has 3 heteroatoms. The predicted octanol–water partition coefficient (Wildman–Crippen LogP) is 2.09. The summed E-state index contributed by atoms with van der Waals surface area (Å²) in [6, 6.07) is 5.49. The zero-order valence-corrected chi connectivity index (χ0v) is 7.29. The number of aryl methyl sites for hydroxylation is 1. The Hall–Kier alpha value is -1.43. The van der Waals surface area contributed by atoms with Gasteiger partial charge in [0, 0.05) is 11.6 Å². The molecule has 1 aromatic heterocycles. The number of hydrogen-bond acceptors (Lipinski definition) is 2. The van der Waals surface area contributed by atoms with Crippen LogP contribution < -0.4 is 0 Å². The average Bonchev–Trinajstić information content (AvgIpc) is 2.82. The summed E-state index contributed by atoms with van der Waals surface area (Å²) in [5.74, 6) is -0.0218. The Bertz CT molecular complexity index is 381. The van der Waals surface area contributed by atoms with Crippen molar-refractivity contribution in [2.75, 3.05) is 0 Å². The lowest BCUT2D eigenvalue weighted by Crippen LogP contribution is -1.94. The largest absolute Gasteiger partial charge is 0.256 e. The van der Waals surface area contributed by atoms with Crippen LogP contribution in [0.3, 0.4) is 0 Å². The number of nitrogens with zero attached hydrogens (tertiary/aromatic N) is 2. The van der Waals surface area contributed by atoms with E-state index in [1.54, 1.807) is 19.1 Å². The van der Waals surface area contributed by atoms with Crippen molar-refractivity contribution in [3.8, 4) is 6.07 Å². The van der Waals surface area contributed by atoms with Crippen molar-refractivity contribution in [1.29, 1.82) is 5.26 Å². The van der Waals surface area contributed by atoms with Crippen LogP contribution in [-0.4, -0.2) is 11.2 Å². The van der Waals surface area contributed by atoms with Crippen LogP contribution in [0.2, 0.25) is 0 Å². The minimum atomic E-state index is -0.722. The molecule has 0 aromatic carbocycles. The Morgan fingerprint density at radius 3 is 2.77 bits per heavy atom. The zero-order chi connectivity index (χ0) is 9.42. The van der Waals surface area contributed by atoms with Gasteiger partial charge in [0.2, 0.25) is 0 Å². The summed E-state index contributed by atoms with van der Waals surface area (Å²) >= 11 is 0. The summed E-state index contributed by atoms with van der Waals surface area (Å²) in [7, 11) is 0. The number of alkyl halides is 1. The van der Waals surface area contributed by atoms with Crippen LogP contribution in [0.4, 0.5) is 4.39 Å². The highest BCUT2D eigenvalue weighted by molar-refractivity contribution is 5.35. The second-order valence-electron chi connectivity index (χ2n) is 3.34. The van der Waals surface area contributed by atoms with Crippen LogP contribution >= 0.6 is 0 Å². The molecule has 1 fully saturated rings. The highest BCUT2D eigenvalue weighted by atomic mass is 19.1. The summed E-state index contributed by atoms with van der Waals surface area (Å²) in [5.41, 5.74) is 2.04. The van der Waals surface area contributed by atoms with E-state index in [2.05, 4.69) is 4.98 Å². The molecule has 0 saturated heterocycles. The number of pyridine rings is 1. The molecule has 2 nitrogen and oxygen atoms in total. The molecule has 0 amide bonds. The van der Waals surface area contributed by atoms with Gasteiger partial charge in [-0.25, -0.2) is 4.39 Å². The van der Waals surface area contributed by atoms with Gasteiger partial charge in [-0.3, -0.25) is 4.98 Å². The minimum absolute atomic E-state index is 0.0218. The number of halogens is 1. The second-order valence-corrected chi connectivity index (χ2v) is 3.34. The molecule has 0 spiro atoms. The standard InChI is InChI=1S/C10H9FN2/c1-6-7(5-12)2-3-10(13-6)8-4-9(8)11/h2-3,8-9H,4H2,1H3/t8-,9+/m1/s1. The van der Waals surface area contributed by atoms with Crippen LogP contribution in [0.1, 0.15) is 29.3 Å². The second kappa shape index (κ2) is 2.81. The predicted molar refractivity (Wildman–Crippen MR) is 45.9 cm³/mol. The molecule has 66 valence electrons. The van der Waals surface area contributed by atoms with E-state index in [-0.39, 0.29) is 5.92 Å². The molecule has 1 saturated carbocycles. The number of hydrogen-bond donors (Lipinski definition) is 0. The summed E-state index contributed by atoms with van der Waals surface area (Å²) in [6.07, 6.45) is -0.141. The van der Waals surface area contributed by atoms with Gasteiger partial charge in [-0.05, 0) is 25.5 Å². The molecule has 1 heterocycles. The van der Waals surface area contributed by atoms with E-state index in [1.807, 2.05) is 6.07 Å². The average molecular weight is 176 g/mol. The highest BCUT2D eigenvalue weighted by Crippen LogP contribution is 2.42. The van der Waals surface area contributed by atoms with Gasteiger partial charge in [-0.2, -0.15) is 5.26 Å². The van der Waals surface area contributed by atoms with Crippen molar-refractivity contribution >= 4 is 0 Å². The fourth-order valence-corrected chi connectivity index (χ4v) is 1.38. The summed E-state index contributed by atoms with van der Waals surface area (Å²) in [6.45, 7) is 1.78. The zero-order valence-electron chi connectivity index (χ0n) is 7.29. The molecule has 0 aliphatic heterocycles. The Morgan fingerprint density at radius 1 is 1.62 bits per heavy atom. The van der Waals surface area contributed by atoms with Crippen molar-refractivity contribution in [2.24, 2.45) is 0 Å². The summed E-state index contributed by atoms with van der Waals surface area (Å²) in [5, 5.41) is 8.65. The van der Waals surface area contributed by atoms with Gasteiger partial charge >= 0.3 is 0 Å². The van der Waals surface area contributed by atoms with E-state index in [9.17, 15) is 4.39 Å². The topological polar surface area (TPSA) is 36.7 Å². The van der Waals surface area contributed by atoms with Gasteiger partial charge in [0.25, 0.3) is 0 Å². The van der Waals surface area contributed by atoms with E-state index in [0.717, 1.165) is 5.69 Å². The molecule has 1 aliphatic rings. The van der Waals surface area contributed by atoms with Crippen LogP contribution in [0.5, 0.6) is 0 Å². The number of aromatic nitrogens is 1. The molecule has 0 radical (unpaired) electrons. The molecule has 2 rings (SSSR count). The highest BCUT2D eigenvalue weighted by Gasteiger charge is 2.39. The maximum Gasteiger partial charge on any atom is 0.109 e. The minimum Gasteiger partial charge on any atom is -0.256 e. The summed E-state index contributed by atoms with van der Waals surface area (Å²) < 4.78 is 12.7. The van der Waals surface area contributed by atoms with E-state index in [0.29, 0.717) is 17.7 Å². The Labute approximate surface area is 76.0 Å². The lowest BCUT2D eigenvalue weighted by Gasteiger charge is -2.00. The fraction of sp³-hybridized carbons (Fsp3) is 0.400. The van der Waals surface area contributed by atoms with E-state index < -0.39 is 6.17 Å². The Kier molecular flexibility index (Phi) is 1.77. The molecule has 0 N–H and O–H groups in total. The first-order valence-corrected chi connectivity index (χ1v) is 4.24. The Balaban J connectivity index is 2.32. The molecule has 0 unspecified atom stereocenters. The van der Waals surface area contributed by atoms with Crippen LogP contribution in [0.15, 0.2) is 12.1 Å². The SMILES string of the molecule is Cc1nc([C@@H]2C[C@@H]2F)ccc1C#N. The number of rotatable bonds is 1. The van der Waals surface area contributed by atoms with Gasteiger partial charge in [-0.15, -0.1) is 0 Å². The monoisotopic (exact) mass is 176 g/mol.